The molecule has 3 aromatic heterocycles. The van der Waals surface area contributed by atoms with Gasteiger partial charge in [0.1, 0.15) is 11.5 Å². The molecule has 6 nitrogen and oxygen atoms in total. The fourth-order valence-electron chi connectivity index (χ4n) is 9.45. The Labute approximate surface area is 350 Å². The zero-order valence-corrected chi connectivity index (χ0v) is 32.7. The topological polar surface area (TPSA) is 57.8 Å². The molecule has 1 aliphatic rings. The number of rotatable bonds is 5. The van der Waals surface area contributed by atoms with Crippen LogP contribution in [0, 0.1) is 0 Å². The van der Waals surface area contributed by atoms with Gasteiger partial charge in [-0.1, -0.05) is 146 Å². The van der Waals surface area contributed by atoms with Crippen molar-refractivity contribution in [1.29, 1.82) is 0 Å². The van der Waals surface area contributed by atoms with E-state index in [-0.39, 0.29) is 0 Å². The van der Waals surface area contributed by atoms with E-state index in [0.717, 1.165) is 77.7 Å². The van der Waals surface area contributed by atoms with Gasteiger partial charge < -0.3 is 9.30 Å². The summed E-state index contributed by atoms with van der Waals surface area (Å²) in [5.74, 6) is 3.53. The molecule has 0 saturated heterocycles. The maximum atomic E-state index is 6.98. The molecule has 12 aromatic rings. The summed E-state index contributed by atoms with van der Waals surface area (Å²) in [5, 5.41) is 7.03. The standard InChI is InChI=1S/C55H33N5O/c1-4-15-34(16-5-1)53-56-54(35-17-6-2-7-18-35)58-55(57-53)60-45-25-12-10-21-39(45)44-31-36(28-30-47(44)60)37-27-29-40-41-23-14-24-43-51-42-22-11-13-26-46(42)59(38-19-8-3-9-20-38)48(51)33-50(52(41)43)61-49(40)32-37/h1-33H. The maximum absolute atomic E-state index is 6.98. The van der Waals surface area contributed by atoms with Gasteiger partial charge in [0.15, 0.2) is 11.6 Å². The second kappa shape index (κ2) is 13.1. The summed E-state index contributed by atoms with van der Waals surface area (Å²) in [7, 11) is 0. The molecule has 1 aliphatic heterocycles. The Morgan fingerprint density at radius 3 is 1.66 bits per heavy atom. The van der Waals surface area contributed by atoms with Gasteiger partial charge in [-0.05, 0) is 70.6 Å². The lowest BCUT2D eigenvalue weighted by atomic mass is 9.91. The minimum Gasteiger partial charge on any atom is -0.456 e. The predicted octanol–water partition coefficient (Wildman–Crippen LogP) is 14.0. The fourth-order valence-corrected chi connectivity index (χ4v) is 9.45. The van der Waals surface area contributed by atoms with Crippen LogP contribution < -0.4 is 4.74 Å². The van der Waals surface area contributed by atoms with Gasteiger partial charge in [-0.15, -0.1) is 0 Å². The van der Waals surface area contributed by atoms with Gasteiger partial charge in [-0.2, -0.15) is 9.97 Å². The van der Waals surface area contributed by atoms with E-state index in [1.807, 2.05) is 60.7 Å². The largest absolute Gasteiger partial charge is 0.456 e. The normalized spacial score (nSPS) is 12.1. The Morgan fingerprint density at radius 1 is 0.328 bits per heavy atom. The highest BCUT2D eigenvalue weighted by atomic mass is 16.5. The van der Waals surface area contributed by atoms with Crippen molar-refractivity contribution in [3.05, 3.63) is 200 Å². The second-order valence-corrected chi connectivity index (χ2v) is 15.6. The average molecular weight is 780 g/mol. The number of aromatic nitrogens is 5. The van der Waals surface area contributed by atoms with Crippen LogP contribution in [-0.4, -0.2) is 24.1 Å². The first-order valence-corrected chi connectivity index (χ1v) is 20.5. The molecule has 4 heterocycles. The molecule has 0 fully saturated rings. The van der Waals surface area contributed by atoms with Gasteiger partial charge in [0.25, 0.3) is 0 Å². The third-order valence-electron chi connectivity index (χ3n) is 12.2. The van der Waals surface area contributed by atoms with Crippen LogP contribution >= 0.6 is 0 Å². The van der Waals surface area contributed by atoms with Crippen LogP contribution in [0.4, 0.5) is 0 Å². The van der Waals surface area contributed by atoms with Crippen molar-refractivity contribution in [2.75, 3.05) is 0 Å². The zero-order valence-electron chi connectivity index (χ0n) is 32.7. The number of ether oxygens (including phenoxy) is 1. The summed E-state index contributed by atoms with van der Waals surface area (Å²) < 4.78 is 11.5. The Morgan fingerprint density at radius 2 is 0.918 bits per heavy atom. The van der Waals surface area contributed by atoms with Crippen molar-refractivity contribution < 1.29 is 4.74 Å². The molecule has 0 saturated carbocycles. The summed E-state index contributed by atoms with van der Waals surface area (Å²) in [6.07, 6.45) is 0. The lowest BCUT2D eigenvalue weighted by Crippen LogP contribution is -2.06. The Balaban J connectivity index is 0.964. The van der Waals surface area contributed by atoms with Gasteiger partial charge in [-0.25, -0.2) is 4.98 Å². The van der Waals surface area contributed by atoms with Crippen LogP contribution in [0.1, 0.15) is 0 Å². The molecule has 61 heavy (non-hydrogen) atoms. The number of para-hydroxylation sites is 3. The number of hydrogen-bond donors (Lipinski definition) is 0. The molecular formula is C55H33N5O. The summed E-state index contributed by atoms with van der Waals surface area (Å²) in [6.45, 7) is 0. The first-order chi connectivity index (χ1) is 30.2. The first kappa shape index (κ1) is 33.6. The fraction of sp³-hybridized carbons (Fsp3) is 0. The van der Waals surface area contributed by atoms with Crippen molar-refractivity contribution in [1.82, 2.24) is 24.1 Å². The first-order valence-electron chi connectivity index (χ1n) is 20.5. The van der Waals surface area contributed by atoms with Crippen molar-refractivity contribution in [2.24, 2.45) is 0 Å². The molecule has 0 atom stereocenters. The molecule has 0 aliphatic carbocycles. The molecular weight excluding hydrogens is 747 g/mol. The number of benzene rings is 9. The Hall–Kier alpha value is -8.35. The van der Waals surface area contributed by atoms with Crippen molar-refractivity contribution in [2.45, 2.75) is 0 Å². The number of fused-ring (bicyclic) bond motifs is 9. The molecule has 0 amide bonds. The minimum atomic E-state index is 0.571. The highest BCUT2D eigenvalue weighted by Gasteiger charge is 2.26. The smallest absolute Gasteiger partial charge is 0.238 e. The van der Waals surface area contributed by atoms with E-state index in [1.165, 1.54) is 27.2 Å². The Bertz CT molecular complexity index is 3660. The van der Waals surface area contributed by atoms with Crippen LogP contribution in [0.15, 0.2) is 200 Å². The molecule has 6 heteroatoms. The third-order valence-corrected chi connectivity index (χ3v) is 12.2. The lowest BCUT2D eigenvalue weighted by molar-refractivity contribution is 0.488. The molecule has 0 radical (unpaired) electrons. The summed E-state index contributed by atoms with van der Waals surface area (Å²) >= 11 is 0. The summed E-state index contributed by atoms with van der Waals surface area (Å²) in [4.78, 5) is 15.2. The van der Waals surface area contributed by atoms with E-state index in [9.17, 15) is 0 Å². The molecule has 13 rings (SSSR count). The molecule has 0 spiro atoms. The summed E-state index contributed by atoms with van der Waals surface area (Å²) in [6, 6.07) is 70.2. The van der Waals surface area contributed by atoms with Crippen molar-refractivity contribution in [3.8, 4) is 68.2 Å². The van der Waals surface area contributed by atoms with Crippen LogP contribution in [0.2, 0.25) is 0 Å². The molecule has 0 unspecified atom stereocenters. The van der Waals surface area contributed by atoms with Crippen LogP contribution in [-0.2, 0) is 0 Å². The maximum Gasteiger partial charge on any atom is 0.238 e. The van der Waals surface area contributed by atoms with E-state index in [0.29, 0.717) is 17.6 Å². The highest BCUT2D eigenvalue weighted by molar-refractivity contribution is 6.25. The van der Waals surface area contributed by atoms with Crippen LogP contribution in [0.5, 0.6) is 11.5 Å². The predicted molar refractivity (Wildman–Crippen MR) is 248 cm³/mol. The minimum absolute atomic E-state index is 0.571. The van der Waals surface area contributed by atoms with Crippen LogP contribution in [0.25, 0.3) is 111 Å². The van der Waals surface area contributed by atoms with Gasteiger partial charge in [0.2, 0.25) is 5.95 Å². The molecule has 0 N–H and O–H groups in total. The quantitative estimate of drug-likeness (QED) is 0.175. The Kier molecular flexibility index (Phi) is 7.21. The van der Waals surface area contributed by atoms with Gasteiger partial charge in [0, 0.05) is 55.4 Å². The monoisotopic (exact) mass is 779 g/mol. The second-order valence-electron chi connectivity index (χ2n) is 15.6. The third kappa shape index (κ3) is 5.12. The van der Waals surface area contributed by atoms with Crippen molar-refractivity contribution >= 4 is 54.4 Å². The van der Waals surface area contributed by atoms with E-state index in [4.69, 9.17) is 19.7 Å². The molecule has 0 bridgehead atoms. The molecule has 284 valence electrons. The average Bonchev–Trinajstić information content (AvgIpc) is 3.85. The van der Waals surface area contributed by atoms with Gasteiger partial charge in [-0.3, -0.25) is 4.57 Å². The number of nitrogens with zero attached hydrogens (tertiary/aromatic N) is 5. The van der Waals surface area contributed by atoms with E-state index in [2.05, 4.69) is 149 Å². The van der Waals surface area contributed by atoms with Crippen molar-refractivity contribution in [3.63, 3.8) is 0 Å². The van der Waals surface area contributed by atoms with Gasteiger partial charge >= 0.3 is 0 Å². The highest BCUT2D eigenvalue weighted by Crippen LogP contribution is 2.51. The number of hydrogen-bond acceptors (Lipinski definition) is 4. The van der Waals surface area contributed by atoms with E-state index in [1.54, 1.807) is 0 Å². The summed E-state index contributed by atoms with van der Waals surface area (Å²) in [5.41, 5.74) is 11.8. The van der Waals surface area contributed by atoms with E-state index >= 15 is 0 Å². The SMILES string of the molecule is c1ccc(-c2nc(-c3ccccc3)nc(-n3c4ccccc4c4cc(-c5ccc6c(c5)Oc5cc7c(c8cccc-6c58)c5ccccc5n7-c5ccccc5)ccc43)n2)cc1. The molecule has 9 aromatic carbocycles. The van der Waals surface area contributed by atoms with E-state index < -0.39 is 0 Å². The zero-order chi connectivity index (χ0) is 40.0. The van der Waals surface area contributed by atoms with Crippen LogP contribution in [0.3, 0.4) is 0 Å². The lowest BCUT2D eigenvalue weighted by Gasteiger charge is -2.23. The van der Waals surface area contributed by atoms with Gasteiger partial charge in [0.05, 0.1) is 22.1 Å².